The van der Waals surface area contributed by atoms with E-state index < -0.39 is 0 Å². The summed E-state index contributed by atoms with van der Waals surface area (Å²) in [5.41, 5.74) is 4.89. The van der Waals surface area contributed by atoms with Gasteiger partial charge in [0.2, 0.25) is 0 Å². The molecule has 1 aromatic carbocycles. The molecular formula is C24H21N7O2. The molecule has 0 spiro atoms. The van der Waals surface area contributed by atoms with Crippen molar-refractivity contribution in [2.45, 2.75) is 6.54 Å². The largest absolute Gasteiger partial charge is 0.379 e. The molecule has 3 aromatic heterocycles. The van der Waals surface area contributed by atoms with Crippen LogP contribution in [0.2, 0.25) is 0 Å². The average Bonchev–Trinajstić information content (AvgIpc) is 3.29. The zero-order chi connectivity index (χ0) is 22.6. The summed E-state index contributed by atoms with van der Waals surface area (Å²) in [5.74, 6) is -0.357. The van der Waals surface area contributed by atoms with E-state index in [0.29, 0.717) is 11.1 Å². The number of amides is 1. The summed E-state index contributed by atoms with van der Waals surface area (Å²) in [6.45, 7) is 4.17. The predicted molar refractivity (Wildman–Crippen MR) is 122 cm³/mol. The molecule has 9 nitrogen and oxygen atoms in total. The van der Waals surface area contributed by atoms with Gasteiger partial charge in [-0.3, -0.25) is 19.8 Å². The molecule has 1 aliphatic heterocycles. The smallest absolute Gasteiger partial charge is 0.276 e. The number of carbonyl (C=O) groups excluding carboxylic acids is 1. The van der Waals surface area contributed by atoms with E-state index in [1.807, 2.05) is 36.7 Å². The van der Waals surface area contributed by atoms with Crippen molar-refractivity contribution in [1.82, 2.24) is 25.1 Å². The lowest BCUT2D eigenvalue weighted by atomic mass is 10.0. The molecule has 0 bridgehead atoms. The molecule has 1 amide bonds. The van der Waals surface area contributed by atoms with Crippen molar-refractivity contribution < 1.29 is 9.53 Å². The molecule has 1 saturated heterocycles. The van der Waals surface area contributed by atoms with E-state index in [1.165, 1.54) is 6.20 Å². The van der Waals surface area contributed by atoms with Crippen LogP contribution in [0.4, 0.5) is 5.69 Å². The van der Waals surface area contributed by atoms with E-state index in [0.717, 1.165) is 55.1 Å². The summed E-state index contributed by atoms with van der Waals surface area (Å²) < 4.78 is 5.43. The van der Waals surface area contributed by atoms with Gasteiger partial charge >= 0.3 is 0 Å². The summed E-state index contributed by atoms with van der Waals surface area (Å²) in [4.78, 5) is 23.6. The molecule has 0 unspecified atom stereocenters. The number of nitrogens with zero attached hydrogens (tertiary/aromatic N) is 5. The number of nitrogens with one attached hydrogen (secondary N) is 2. The molecule has 4 heterocycles. The summed E-state index contributed by atoms with van der Waals surface area (Å²) in [6.07, 6.45) is 5.16. The van der Waals surface area contributed by atoms with Gasteiger partial charge in [0, 0.05) is 43.0 Å². The monoisotopic (exact) mass is 439 g/mol. The fraction of sp³-hybridized carbons (Fsp3) is 0.208. The van der Waals surface area contributed by atoms with Gasteiger partial charge in [0.05, 0.1) is 30.6 Å². The van der Waals surface area contributed by atoms with Gasteiger partial charge in [-0.25, -0.2) is 4.98 Å². The van der Waals surface area contributed by atoms with E-state index >= 15 is 0 Å². The number of fused-ring (bicyclic) bond motifs is 1. The Labute approximate surface area is 190 Å². The number of H-pyrrole nitrogens is 1. The van der Waals surface area contributed by atoms with Crippen LogP contribution >= 0.6 is 0 Å². The van der Waals surface area contributed by atoms with Gasteiger partial charge in [-0.2, -0.15) is 10.4 Å². The van der Waals surface area contributed by atoms with Gasteiger partial charge in [-0.05, 0) is 41.5 Å². The first-order chi connectivity index (χ1) is 16.2. The lowest BCUT2D eigenvalue weighted by molar-refractivity contribution is 0.0341. The zero-order valence-electron chi connectivity index (χ0n) is 17.8. The Kier molecular flexibility index (Phi) is 5.76. The highest BCUT2D eigenvalue weighted by molar-refractivity contribution is 6.11. The highest BCUT2D eigenvalue weighted by atomic mass is 16.5. The minimum atomic E-state index is -0.357. The number of rotatable bonds is 5. The van der Waals surface area contributed by atoms with Gasteiger partial charge < -0.3 is 10.1 Å². The first-order valence-corrected chi connectivity index (χ1v) is 10.6. The SMILES string of the molecule is N#Cc1ccc(NC(=O)c2n[nH]c3ccc(-c4cncc(CN5CCOCC5)c4)cc23)cn1. The fourth-order valence-corrected chi connectivity index (χ4v) is 3.84. The van der Waals surface area contributed by atoms with Gasteiger partial charge in [-0.1, -0.05) is 6.07 Å². The molecule has 1 aliphatic rings. The Morgan fingerprint density at radius 1 is 1.12 bits per heavy atom. The molecule has 2 N–H and O–H groups in total. The molecule has 4 aromatic rings. The van der Waals surface area contributed by atoms with E-state index in [4.69, 9.17) is 10.00 Å². The Morgan fingerprint density at radius 3 is 2.79 bits per heavy atom. The number of nitriles is 1. The number of aromatic amines is 1. The normalized spacial score (nSPS) is 14.2. The van der Waals surface area contributed by atoms with Crippen LogP contribution in [0.25, 0.3) is 22.0 Å². The Morgan fingerprint density at radius 2 is 2.00 bits per heavy atom. The molecule has 5 rings (SSSR count). The second-order valence-corrected chi connectivity index (χ2v) is 7.80. The van der Waals surface area contributed by atoms with Crippen LogP contribution in [0.3, 0.4) is 0 Å². The van der Waals surface area contributed by atoms with Crippen molar-refractivity contribution in [2.75, 3.05) is 31.6 Å². The number of carbonyl (C=O) groups is 1. The number of hydrogen-bond acceptors (Lipinski definition) is 7. The number of aromatic nitrogens is 4. The van der Waals surface area contributed by atoms with Crippen molar-refractivity contribution in [3.05, 3.63) is 71.9 Å². The highest BCUT2D eigenvalue weighted by Gasteiger charge is 2.16. The lowest BCUT2D eigenvalue weighted by Gasteiger charge is -2.26. The molecule has 9 heteroatoms. The summed E-state index contributed by atoms with van der Waals surface area (Å²) in [5, 5.41) is 19.5. The van der Waals surface area contributed by atoms with Crippen molar-refractivity contribution in [2.24, 2.45) is 0 Å². The maximum absolute atomic E-state index is 12.9. The van der Waals surface area contributed by atoms with E-state index in [1.54, 1.807) is 12.1 Å². The maximum atomic E-state index is 12.9. The third kappa shape index (κ3) is 4.57. The molecule has 0 saturated carbocycles. The van der Waals surface area contributed by atoms with E-state index in [9.17, 15) is 4.79 Å². The molecule has 164 valence electrons. The Bertz CT molecular complexity index is 1340. The minimum absolute atomic E-state index is 0.285. The number of benzene rings is 1. The van der Waals surface area contributed by atoms with Gasteiger partial charge in [0.1, 0.15) is 11.8 Å². The van der Waals surface area contributed by atoms with E-state index in [2.05, 4.69) is 36.4 Å². The van der Waals surface area contributed by atoms with Crippen molar-refractivity contribution in [1.29, 1.82) is 5.26 Å². The Balaban J connectivity index is 1.39. The number of morpholine rings is 1. The van der Waals surface area contributed by atoms with Crippen LogP contribution in [0.5, 0.6) is 0 Å². The van der Waals surface area contributed by atoms with Crippen LogP contribution in [-0.4, -0.2) is 57.3 Å². The Hall–Kier alpha value is -4.13. The predicted octanol–water partition coefficient (Wildman–Crippen LogP) is 2.98. The number of ether oxygens (including phenoxy) is 1. The lowest BCUT2D eigenvalue weighted by Crippen LogP contribution is -2.35. The van der Waals surface area contributed by atoms with Crippen molar-refractivity contribution >= 4 is 22.5 Å². The molecule has 0 atom stereocenters. The van der Waals surface area contributed by atoms with Gasteiger partial charge in [0.15, 0.2) is 5.69 Å². The second kappa shape index (κ2) is 9.16. The number of anilines is 1. The fourth-order valence-electron chi connectivity index (χ4n) is 3.84. The third-order valence-corrected chi connectivity index (χ3v) is 5.55. The number of pyridine rings is 2. The maximum Gasteiger partial charge on any atom is 0.276 e. The third-order valence-electron chi connectivity index (χ3n) is 5.55. The summed E-state index contributed by atoms with van der Waals surface area (Å²) in [7, 11) is 0. The molecule has 0 aliphatic carbocycles. The number of hydrogen-bond donors (Lipinski definition) is 2. The minimum Gasteiger partial charge on any atom is -0.379 e. The standard InChI is InChI=1S/C24H21N7O2/c25-11-19-2-3-20(14-27-19)28-24(32)23-21-10-17(1-4-22(21)29-30-23)18-9-16(12-26-13-18)15-31-5-7-33-8-6-31/h1-4,9-10,12-14H,5-8,15H2,(H,28,32)(H,29,30). The first-order valence-electron chi connectivity index (χ1n) is 10.6. The summed E-state index contributed by atoms with van der Waals surface area (Å²) in [6, 6.07) is 13.1. The zero-order valence-corrected chi connectivity index (χ0v) is 17.8. The highest BCUT2D eigenvalue weighted by Crippen LogP contribution is 2.26. The van der Waals surface area contributed by atoms with Gasteiger partial charge in [-0.15, -0.1) is 0 Å². The van der Waals surface area contributed by atoms with Gasteiger partial charge in [0.25, 0.3) is 5.91 Å². The van der Waals surface area contributed by atoms with Crippen LogP contribution in [0, 0.1) is 11.3 Å². The van der Waals surface area contributed by atoms with Crippen molar-refractivity contribution in [3.8, 4) is 17.2 Å². The molecule has 0 radical (unpaired) electrons. The topological polar surface area (TPSA) is 120 Å². The summed E-state index contributed by atoms with van der Waals surface area (Å²) >= 11 is 0. The average molecular weight is 439 g/mol. The second-order valence-electron chi connectivity index (χ2n) is 7.80. The van der Waals surface area contributed by atoms with E-state index in [-0.39, 0.29) is 17.3 Å². The van der Waals surface area contributed by atoms with Crippen LogP contribution in [0.15, 0.2) is 55.0 Å². The quantitative estimate of drug-likeness (QED) is 0.490. The molecule has 33 heavy (non-hydrogen) atoms. The van der Waals surface area contributed by atoms with Crippen LogP contribution < -0.4 is 5.32 Å². The molecular weight excluding hydrogens is 418 g/mol. The molecule has 1 fully saturated rings. The first kappa shape index (κ1) is 20.8. The van der Waals surface area contributed by atoms with Crippen LogP contribution in [0.1, 0.15) is 21.7 Å². The van der Waals surface area contributed by atoms with Crippen molar-refractivity contribution in [3.63, 3.8) is 0 Å². The van der Waals surface area contributed by atoms with Crippen LogP contribution in [-0.2, 0) is 11.3 Å².